The van der Waals surface area contributed by atoms with Crippen molar-refractivity contribution in [1.29, 1.82) is 0 Å². The summed E-state index contributed by atoms with van der Waals surface area (Å²) in [4.78, 5) is 16.4. The molecular weight excluding hydrogens is 390 g/mol. The van der Waals surface area contributed by atoms with E-state index >= 15 is 0 Å². The monoisotopic (exact) mass is 406 g/mol. The lowest BCUT2D eigenvalue weighted by molar-refractivity contribution is -0.113. The van der Waals surface area contributed by atoms with E-state index < -0.39 is 5.82 Å². The second kappa shape index (κ2) is 8.96. The van der Waals surface area contributed by atoms with Crippen LogP contribution in [-0.4, -0.2) is 23.8 Å². The van der Waals surface area contributed by atoms with Crippen LogP contribution in [0.4, 0.5) is 13.9 Å². The summed E-state index contributed by atoms with van der Waals surface area (Å²) >= 11 is 2.70. The first-order valence-corrected chi connectivity index (χ1v) is 10.00. The third-order valence-electron chi connectivity index (χ3n) is 3.61. The molecule has 0 fully saturated rings. The van der Waals surface area contributed by atoms with Crippen LogP contribution in [0.15, 0.2) is 47.8 Å². The van der Waals surface area contributed by atoms with Crippen molar-refractivity contribution >= 4 is 34.1 Å². The summed E-state index contributed by atoms with van der Waals surface area (Å²) in [6, 6.07) is 10.8. The predicted molar refractivity (Wildman–Crippen MR) is 105 cm³/mol. The Morgan fingerprint density at radius 1 is 1.22 bits per heavy atom. The number of nitrogens with zero attached hydrogens (tertiary/aromatic N) is 1. The van der Waals surface area contributed by atoms with Gasteiger partial charge in [-0.05, 0) is 35.9 Å². The molecule has 1 heterocycles. The van der Waals surface area contributed by atoms with Crippen LogP contribution in [0.3, 0.4) is 0 Å². The zero-order valence-electron chi connectivity index (χ0n) is 14.4. The van der Waals surface area contributed by atoms with Crippen molar-refractivity contribution in [2.75, 3.05) is 18.2 Å². The standard InChI is InChI=1S/C19H16F2N2O2S2/c1-25-17-7-4-13(8-15(17)21)16-10-27-19(22-16)23-18(24)11-26-9-12-2-5-14(20)6-3-12/h2-8,10H,9,11H2,1H3,(H,22,23,24). The number of benzene rings is 2. The van der Waals surface area contributed by atoms with Gasteiger partial charge in [0.1, 0.15) is 5.82 Å². The predicted octanol–water partition coefficient (Wildman–Crippen LogP) is 4.97. The van der Waals surface area contributed by atoms with E-state index in [0.717, 1.165) is 5.56 Å². The van der Waals surface area contributed by atoms with Gasteiger partial charge in [0.2, 0.25) is 5.91 Å². The maximum absolute atomic E-state index is 13.8. The first-order chi connectivity index (χ1) is 13.0. The largest absolute Gasteiger partial charge is 0.494 e. The molecule has 2 aromatic carbocycles. The smallest absolute Gasteiger partial charge is 0.236 e. The molecule has 3 aromatic rings. The van der Waals surface area contributed by atoms with Crippen LogP contribution in [-0.2, 0) is 10.5 Å². The van der Waals surface area contributed by atoms with Crippen molar-refractivity contribution in [2.45, 2.75) is 5.75 Å². The molecule has 0 saturated carbocycles. The minimum absolute atomic E-state index is 0.167. The van der Waals surface area contributed by atoms with Crippen molar-refractivity contribution in [3.05, 3.63) is 65.0 Å². The van der Waals surface area contributed by atoms with Crippen LogP contribution in [0, 0.1) is 11.6 Å². The SMILES string of the molecule is COc1ccc(-c2csc(NC(=O)CSCc3ccc(F)cc3)n2)cc1F. The molecule has 4 nitrogen and oxygen atoms in total. The molecule has 0 unspecified atom stereocenters. The number of thiazole rings is 1. The Bertz CT molecular complexity index is 930. The number of methoxy groups -OCH3 is 1. The molecule has 27 heavy (non-hydrogen) atoms. The first kappa shape index (κ1) is 19.3. The van der Waals surface area contributed by atoms with E-state index in [2.05, 4.69) is 10.3 Å². The molecule has 3 rings (SSSR count). The quantitative estimate of drug-likeness (QED) is 0.602. The normalized spacial score (nSPS) is 10.6. The van der Waals surface area contributed by atoms with E-state index in [-0.39, 0.29) is 23.2 Å². The van der Waals surface area contributed by atoms with Gasteiger partial charge in [0, 0.05) is 16.7 Å². The number of rotatable bonds is 7. The lowest BCUT2D eigenvalue weighted by Gasteiger charge is -2.04. The maximum Gasteiger partial charge on any atom is 0.236 e. The number of ether oxygens (including phenoxy) is 1. The Balaban J connectivity index is 1.53. The average Bonchev–Trinajstić information content (AvgIpc) is 3.11. The van der Waals surface area contributed by atoms with Gasteiger partial charge in [-0.25, -0.2) is 13.8 Å². The third kappa shape index (κ3) is 5.27. The highest BCUT2D eigenvalue weighted by Gasteiger charge is 2.11. The number of anilines is 1. The molecule has 1 aromatic heterocycles. The molecule has 0 atom stereocenters. The fourth-order valence-electron chi connectivity index (χ4n) is 2.29. The molecule has 0 saturated heterocycles. The zero-order valence-corrected chi connectivity index (χ0v) is 16.0. The van der Waals surface area contributed by atoms with E-state index in [1.165, 1.54) is 54.5 Å². The minimum atomic E-state index is -0.467. The molecule has 0 bridgehead atoms. The van der Waals surface area contributed by atoms with E-state index in [1.54, 1.807) is 23.6 Å². The van der Waals surface area contributed by atoms with Gasteiger partial charge in [-0.2, -0.15) is 0 Å². The molecule has 1 amide bonds. The lowest BCUT2D eigenvalue weighted by atomic mass is 10.1. The van der Waals surface area contributed by atoms with E-state index in [0.29, 0.717) is 22.1 Å². The van der Waals surface area contributed by atoms with Gasteiger partial charge >= 0.3 is 0 Å². The lowest BCUT2D eigenvalue weighted by Crippen LogP contribution is -2.13. The Kier molecular flexibility index (Phi) is 6.41. The van der Waals surface area contributed by atoms with Crippen LogP contribution < -0.4 is 10.1 Å². The number of hydrogen-bond acceptors (Lipinski definition) is 5. The summed E-state index contributed by atoms with van der Waals surface area (Å²) in [7, 11) is 1.41. The van der Waals surface area contributed by atoms with Gasteiger partial charge in [0.25, 0.3) is 0 Å². The zero-order chi connectivity index (χ0) is 19.2. The number of halogens is 2. The van der Waals surface area contributed by atoms with Crippen LogP contribution in [0.1, 0.15) is 5.56 Å². The molecule has 0 aliphatic heterocycles. The summed E-state index contributed by atoms with van der Waals surface area (Å²) in [6.45, 7) is 0. The average molecular weight is 406 g/mol. The summed E-state index contributed by atoms with van der Waals surface area (Å²) in [6.07, 6.45) is 0. The first-order valence-electron chi connectivity index (χ1n) is 7.96. The van der Waals surface area contributed by atoms with Crippen molar-refractivity contribution < 1.29 is 18.3 Å². The van der Waals surface area contributed by atoms with Crippen LogP contribution in [0.5, 0.6) is 5.75 Å². The van der Waals surface area contributed by atoms with Gasteiger partial charge in [-0.1, -0.05) is 12.1 Å². The topological polar surface area (TPSA) is 51.2 Å². The van der Waals surface area contributed by atoms with Crippen molar-refractivity contribution in [2.24, 2.45) is 0 Å². The summed E-state index contributed by atoms with van der Waals surface area (Å²) in [5.41, 5.74) is 2.14. The Labute approximate surface area is 163 Å². The Morgan fingerprint density at radius 3 is 2.70 bits per heavy atom. The van der Waals surface area contributed by atoms with Crippen LogP contribution in [0.2, 0.25) is 0 Å². The third-order valence-corrected chi connectivity index (χ3v) is 5.37. The number of thioether (sulfide) groups is 1. The summed E-state index contributed by atoms with van der Waals surface area (Å²) < 4.78 is 31.6. The molecule has 0 spiro atoms. The number of hydrogen-bond donors (Lipinski definition) is 1. The van der Waals surface area contributed by atoms with Crippen molar-refractivity contribution in [3.8, 4) is 17.0 Å². The summed E-state index contributed by atoms with van der Waals surface area (Å²) in [5.74, 6) is 0.110. The highest BCUT2D eigenvalue weighted by atomic mass is 32.2. The number of carbonyl (C=O) groups excluding carboxylic acids is 1. The molecule has 8 heteroatoms. The van der Waals surface area contributed by atoms with Gasteiger partial charge in [0.05, 0.1) is 18.6 Å². The van der Waals surface area contributed by atoms with E-state index in [4.69, 9.17) is 4.74 Å². The highest BCUT2D eigenvalue weighted by Crippen LogP contribution is 2.28. The fraction of sp³-hybridized carbons (Fsp3) is 0.158. The van der Waals surface area contributed by atoms with Gasteiger partial charge < -0.3 is 10.1 Å². The minimum Gasteiger partial charge on any atom is -0.494 e. The van der Waals surface area contributed by atoms with Crippen molar-refractivity contribution in [1.82, 2.24) is 4.98 Å². The number of amides is 1. The summed E-state index contributed by atoms with van der Waals surface area (Å²) in [5, 5.41) is 4.94. The second-order valence-corrected chi connectivity index (χ2v) is 7.40. The van der Waals surface area contributed by atoms with E-state index in [1.807, 2.05) is 0 Å². The van der Waals surface area contributed by atoms with Gasteiger partial charge in [-0.3, -0.25) is 4.79 Å². The highest BCUT2D eigenvalue weighted by molar-refractivity contribution is 7.99. The van der Waals surface area contributed by atoms with Crippen molar-refractivity contribution in [3.63, 3.8) is 0 Å². The number of carbonyl (C=O) groups is 1. The van der Waals surface area contributed by atoms with Gasteiger partial charge in [-0.15, -0.1) is 23.1 Å². The van der Waals surface area contributed by atoms with E-state index in [9.17, 15) is 13.6 Å². The Hall–Kier alpha value is -2.45. The molecule has 0 aliphatic rings. The second-order valence-electron chi connectivity index (χ2n) is 5.55. The van der Waals surface area contributed by atoms with Gasteiger partial charge in [0.15, 0.2) is 16.7 Å². The number of nitrogens with one attached hydrogen (secondary N) is 1. The number of aromatic nitrogens is 1. The van der Waals surface area contributed by atoms with Crippen LogP contribution in [0.25, 0.3) is 11.3 Å². The maximum atomic E-state index is 13.8. The molecule has 0 aliphatic carbocycles. The molecule has 1 N–H and O–H groups in total. The van der Waals surface area contributed by atoms with Crippen LogP contribution >= 0.6 is 23.1 Å². The molecule has 0 radical (unpaired) electrons. The fourth-order valence-corrected chi connectivity index (χ4v) is 3.81. The Morgan fingerprint density at radius 2 is 2.00 bits per heavy atom. The molecular formula is C19H16F2N2O2S2. The molecule has 140 valence electrons.